The highest BCUT2D eigenvalue weighted by atomic mass is 19.1. The largest absolute Gasteiger partial charge is 0.465 e. The second-order valence-corrected chi connectivity index (χ2v) is 8.22. The van der Waals surface area contributed by atoms with Gasteiger partial charge >= 0.3 is 6.09 Å². The average Bonchev–Trinajstić information content (AvgIpc) is 3.28. The van der Waals surface area contributed by atoms with Crippen LogP contribution in [0.5, 0.6) is 0 Å². The minimum Gasteiger partial charge on any atom is -0.465 e. The molecule has 5 rings (SSSR count). The van der Waals surface area contributed by atoms with Gasteiger partial charge in [-0.05, 0) is 24.3 Å². The molecule has 1 saturated heterocycles. The number of rotatable bonds is 5. The van der Waals surface area contributed by atoms with Gasteiger partial charge in [0.15, 0.2) is 0 Å². The molecule has 172 valence electrons. The fourth-order valence-electron chi connectivity index (χ4n) is 4.26. The van der Waals surface area contributed by atoms with Crippen molar-refractivity contribution in [1.29, 1.82) is 0 Å². The van der Waals surface area contributed by atoms with E-state index in [1.165, 1.54) is 11.0 Å². The van der Waals surface area contributed by atoms with Crippen LogP contribution in [0.2, 0.25) is 0 Å². The molecule has 2 aromatic carbocycles. The van der Waals surface area contributed by atoms with E-state index in [1.807, 2.05) is 48.5 Å². The smallest absolute Gasteiger partial charge is 0.407 e. The summed E-state index contributed by atoms with van der Waals surface area (Å²) in [7, 11) is 0. The third kappa shape index (κ3) is 4.40. The van der Waals surface area contributed by atoms with Gasteiger partial charge in [-0.2, -0.15) is 5.10 Å². The summed E-state index contributed by atoms with van der Waals surface area (Å²) in [5.74, 6) is -0.324. The van der Waals surface area contributed by atoms with Gasteiger partial charge in [-0.3, -0.25) is 9.88 Å². The first-order valence-corrected chi connectivity index (χ1v) is 11.1. The van der Waals surface area contributed by atoms with Crippen LogP contribution in [0.15, 0.2) is 79.1 Å². The van der Waals surface area contributed by atoms with Gasteiger partial charge in [-0.1, -0.05) is 42.5 Å². The van der Waals surface area contributed by atoms with Gasteiger partial charge in [-0.15, -0.1) is 0 Å². The summed E-state index contributed by atoms with van der Waals surface area (Å²) in [5.41, 5.74) is 4.62. The second-order valence-electron chi connectivity index (χ2n) is 8.22. The van der Waals surface area contributed by atoms with Crippen LogP contribution in [0.25, 0.3) is 28.2 Å². The molecular weight excluding hydrogens is 433 g/mol. The minimum atomic E-state index is -0.897. The summed E-state index contributed by atoms with van der Waals surface area (Å²) in [6.07, 6.45) is 2.61. The molecule has 1 amide bonds. The van der Waals surface area contributed by atoms with Crippen molar-refractivity contribution in [3.8, 4) is 28.2 Å². The molecule has 0 bridgehead atoms. The monoisotopic (exact) mass is 457 g/mol. The predicted molar refractivity (Wildman–Crippen MR) is 127 cm³/mol. The molecule has 7 nitrogen and oxygen atoms in total. The first-order valence-electron chi connectivity index (χ1n) is 11.1. The number of pyridine rings is 1. The topological polar surface area (TPSA) is 74.5 Å². The van der Waals surface area contributed by atoms with Crippen molar-refractivity contribution in [2.45, 2.75) is 6.54 Å². The molecule has 1 N–H and O–H groups in total. The van der Waals surface area contributed by atoms with Crippen LogP contribution in [0.1, 0.15) is 5.56 Å². The van der Waals surface area contributed by atoms with Crippen LogP contribution < -0.4 is 0 Å². The fraction of sp³-hybridized carbons (Fsp3) is 0.192. The zero-order valence-corrected chi connectivity index (χ0v) is 18.5. The van der Waals surface area contributed by atoms with Gasteiger partial charge in [0, 0.05) is 49.4 Å². The van der Waals surface area contributed by atoms with Crippen LogP contribution in [-0.2, 0) is 6.54 Å². The Morgan fingerprint density at radius 1 is 0.912 bits per heavy atom. The summed E-state index contributed by atoms with van der Waals surface area (Å²) < 4.78 is 16.6. The third-order valence-corrected chi connectivity index (χ3v) is 6.07. The van der Waals surface area contributed by atoms with E-state index < -0.39 is 6.09 Å². The van der Waals surface area contributed by atoms with Crippen molar-refractivity contribution in [3.63, 3.8) is 0 Å². The van der Waals surface area contributed by atoms with E-state index in [2.05, 4.69) is 15.0 Å². The zero-order valence-electron chi connectivity index (χ0n) is 18.5. The Hall–Kier alpha value is -4.04. The van der Waals surface area contributed by atoms with Crippen molar-refractivity contribution in [3.05, 3.63) is 90.5 Å². The molecule has 1 aliphatic rings. The number of hydrogen-bond donors (Lipinski definition) is 1. The number of piperazine rings is 1. The lowest BCUT2D eigenvalue weighted by Gasteiger charge is -2.33. The zero-order chi connectivity index (χ0) is 23.5. The lowest BCUT2D eigenvalue weighted by atomic mass is 10.1. The number of halogens is 1. The first-order chi connectivity index (χ1) is 16.6. The number of hydrogen-bond acceptors (Lipinski definition) is 4. The van der Waals surface area contributed by atoms with E-state index in [9.17, 15) is 14.3 Å². The molecule has 1 fully saturated rings. The molecule has 0 radical (unpaired) electrons. The molecule has 1 aliphatic heterocycles. The molecule has 3 heterocycles. The minimum absolute atomic E-state index is 0.324. The van der Waals surface area contributed by atoms with Crippen LogP contribution in [-0.4, -0.2) is 61.9 Å². The van der Waals surface area contributed by atoms with Gasteiger partial charge in [0.25, 0.3) is 0 Å². The van der Waals surface area contributed by atoms with Gasteiger partial charge in [0.1, 0.15) is 5.82 Å². The third-order valence-electron chi connectivity index (χ3n) is 6.07. The Balaban J connectivity index is 1.48. The maximum absolute atomic E-state index is 14.9. The Bertz CT molecular complexity index is 1280. The Morgan fingerprint density at radius 2 is 1.65 bits per heavy atom. The van der Waals surface area contributed by atoms with E-state index in [-0.39, 0.29) is 5.82 Å². The highest BCUT2D eigenvalue weighted by Crippen LogP contribution is 2.30. The van der Waals surface area contributed by atoms with Gasteiger partial charge < -0.3 is 10.0 Å². The Kier molecular flexibility index (Phi) is 6.05. The van der Waals surface area contributed by atoms with Crippen LogP contribution in [0.4, 0.5) is 9.18 Å². The van der Waals surface area contributed by atoms with Crippen molar-refractivity contribution < 1.29 is 14.3 Å². The molecule has 0 atom stereocenters. The van der Waals surface area contributed by atoms with Crippen LogP contribution >= 0.6 is 0 Å². The molecular formula is C26H24FN5O2. The predicted octanol–water partition coefficient (Wildman–Crippen LogP) is 4.54. The van der Waals surface area contributed by atoms with Gasteiger partial charge in [0.2, 0.25) is 0 Å². The summed E-state index contributed by atoms with van der Waals surface area (Å²) in [4.78, 5) is 19.4. The van der Waals surface area contributed by atoms with Crippen molar-refractivity contribution in [2.75, 3.05) is 26.2 Å². The van der Waals surface area contributed by atoms with E-state index in [1.54, 1.807) is 29.2 Å². The summed E-state index contributed by atoms with van der Waals surface area (Å²) >= 11 is 0. The number of aromatic nitrogens is 3. The van der Waals surface area contributed by atoms with Crippen molar-refractivity contribution in [1.82, 2.24) is 24.6 Å². The lowest BCUT2D eigenvalue weighted by Crippen LogP contribution is -2.47. The number of benzene rings is 2. The van der Waals surface area contributed by atoms with Gasteiger partial charge in [-0.25, -0.2) is 13.9 Å². The van der Waals surface area contributed by atoms with Crippen molar-refractivity contribution in [2.24, 2.45) is 0 Å². The quantitative estimate of drug-likeness (QED) is 0.476. The molecule has 34 heavy (non-hydrogen) atoms. The normalized spacial score (nSPS) is 14.3. The second kappa shape index (κ2) is 9.44. The Labute approximate surface area is 196 Å². The lowest BCUT2D eigenvalue weighted by molar-refractivity contribution is 0.103. The van der Waals surface area contributed by atoms with Crippen LogP contribution in [0, 0.1) is 5.82 Å². The van der Waals surface area contributed by atoms with Gasteiger partial charge in [0.05, 0.1) is 29.5 Å². The average molecular weight is 458 g/mol. The number of carbonyl (C=O) groups is 1. The van der Waals surface area contributed by atoms with Crippen molar-refractivity contribution >= 4 is 6.09 Å². The number of carboxylic acid groups (broad SMARTS) is 1. The number of nitrogens with zero attached hydrogens (tertiary/aromatic N) is 5. The molecule has 0 spiro atoms. The summed E-state index contributed by atoms with van der Waals surface area (Å²) in [6, 6.07) is 20.4. The highest BCUT2D eigenvalue weighted by molar-refractivity contribution is 5.67. The summed E-state index contributed by atoms with van der Waals surface area (Å²) in [5, 5.41) is 13.8. The SMILES string of the molecule is O=C(O)N1CCN(Cc2cnn(-c3ccc(-c4ccccc4)nc3)c2-c2ccccc2F)CC1. The van der Waals surface area contributed by atoms with E-state index in [0.717, 1.165) is 22.5 Å². The van der Waals surface area contributed by atoms with E-state index in [0.29, 0.717) is 44.0 Å². The van der Waals surface area contributed by atoms with E-state index >= 15 is 0 Å². The first kappa shape index (κ1) is 21.8. The molecule has 0 saturated carbocycles. The molecule has 8 heteroatoms. The highest BCUT2D eigenvalue weighted by Gasteiger charge is 2.24. The standard InChI is InChI=1S/C26H24FN5O2/c27-23-9-5-4-8-22(23)25-20(18-30-12-14-31(15-13-30)26(33)34)16-29-32(25)21-10-11-24(28-17-21)19-6-2-1-3-7-19/h1-11,16-17H,12-15,18H2,(H,33,34). The maximum atomic E-state index is 14.9. The maximum Gasteiger partial charge on any atom is 0.407 e. The summed E-state index contributed by atoms with van der Waals surface area (Å²) in [6.45, 7) is 2.67. The molecule has 0 unspecified atom stereocenters. The molecule has 0 aliphatic carbocycles. The molecule has 2 aromatic heterocycles. The molecule has 4 aromatic rings. The van der Waals surface area contributed by atoms with E-state index in [4.69, 9.17) is 0 Å². The fourth-order valence-corrected chi connectivity index (χ4v) is 4.26. The van der Waals surface area contributed by atoms with Crippen LogP contribution in [0.3, 0.4) is 0 Å². The number of amides is 1. The Morgan fingerprint density at radius 3 is 2.32 bits per heavy atom.